The van der Waals surface area contributed by atoms with E-state index in [1.807, 2.05) is 6.07 Å². The predicted octanol–water partition coefficient (Wildman–Crippen LogP) is 3.96. The molecule has 0 unspecified atom stereocenters. The molecule has 0 heterocycles. The van der Waals surface area contributed by atoms with Crippen LogP contribution in [-0.4, -0.2) is 13.2 Å². The summed E-state index contributed by atoms with van der Waals surface area (Å²) in [5.41, 5.74) is 3.62. The molecule has 0 spiro atoms. The molecular weight excluding hydrogens is 226 g/mol. The van der Waals surface area contributed by atoms with Crippen molar-refractivity contribution in [2.75, 3.05) is 13.2 Å². The monoisotopic (exact) mass is 245 g/mol. The average Bonchev–Trinajstić information content (AvgIpc) is 2.39. The van der Waals surface area contributed by atoms with Gasteiger partial charge in [0.05, 0.1) is 6.61 Å². The van der Waals surface area contributed by atoms with Gasteiger partial charge >= 0.3 is 0 Å². The zero-order chi connectivity index (χ0) is 12.8. The van der Waals surface area contributed by atoms with Gasteiger partial charge in [0.1, 0.15) is 12.3 Å². The molecule has 1 aliphatic carbocycles. The third-order valence-corrected chi connectivity index (χ3v) is 3.22. The number of unbranched alkanes of at least 4 members (excludes halogenated alkanes) is 1. The zero-order valence-corrected chi connectivity index (χ0v) is 10.8. The number of nitroso groups, excluding NO2 is 1. The van der Waals surface area contributed by atoms with Crippen LogP contribution in [0, 0.1) is 4.91 Å². The molecule has 0 aromatic heterocycles. The first-order valence-electron chi connectivity index (χ1n) is 6.57. The quantitative estimate of drug-likeness (QED) is 0.562. The summed E-state index contributed by atoms with van der Waals surface area (Å²) in [4.78, 5) is 10.3. The lowest BCUT2D eigenvalue weighted by Crippen LogP contribution is -2.03. The fraction of sp³-hybridized carbons (Fsp3) is 0.467. The molecule has 0 amide bonds. The van der Waals surface area contributed by atoms with E-state index in [0.717, 1.165) is 43.6 Å². The van der Waals surface area contributed by atoms with E-state index < -0.39 is 0 Å². The van der Waals surface area contributed by atoms with Crippen LogP contribution in [0.3, 0.4) is 0 Å². The molecule has 18 heavy (non-hydrogen) atoms. The second kappa shape index (κ2) is 6.34. The van der Waals surface area contributed by atoms with Gasteiger partial charge in [-0.05, 0) is 48.1 Å². The van der Waals surface area contributed by atoms with E-state index >= 15 is 0 Å². The molecular formula is C15H19NO2. The standard InChI is InChI=1S/C15H19NO2/c1-2-3-8-18-15-7-6-13-9-12(11-16-17)4-5-14(13)10-15/h6-7,9-10H,2-5,8,11H2,1H3. The number of hydrogen-bond donors (Lipinski definition) is 0. The molecule has 0 saturated heterocycles. The number of fused-ring (bicyclic) bond motifs is 1. The summed E-state index contributed by atoms with van der Waals surface area (Å²) in [6.07, 6.45) is 6.22. The number of rotatable bonds is 6. The van der Waals surface area contributed by atoms with Crippen LogP contribution in [0.1, 0.15) is 37.3 Å². The minimum Gasteiger partial charge on any atom is -0.494 e. The van der Waals surface area contributed by atoms with Crippen molar-refractivity contribution < 1.29 is 4.74 Å². The summed E-state index contributed by atoms with van der Waals surface area (Å²) >= 11 is 0. The van der Waals surface area contributed by atoms with Crippen LogP contribution in [-0.2, 0) is 6.42 Å². The van der Waals surface area contributed by atoms with Crippen LogP contribution in [0.5, 0.6) is 5.75 Å². The fourth-order valence-electron chi connectivity index (χ4n) is 2.16. The van der Waals surface area contributed by atoms with E-state index in [1.165, 1.54) is 11.1 Å². The lowest BCUT2D eigenvalue weighted by molar-refractivity contribution is 0.309. The summed E-state index contributed by atoms with van der Waals surface area (Å²) in [5.74, 6) is 0.951. The van der Waals surface area contributed by atoms with Crippen molar-refractivity contribution in [2.24, 2.45) is 5.18 Å². The smallest absolute Gasteiger partial charge is 0.119 e. The van der Waals surface area contributed by atoms with E-state index in [0.29, 0.717) is 6.54 Å². The molecule has 0 aliphatic heterocycles. The minimum absolute atomic E-state index is 0.314. The Balaban J connectivity index is 2.07. The molecule has 0 atom stereocenters. The van der Waals surface area contributed by atoms with Crippen molar-refractivity contribution in [3.05, 3.63) is 39.8 Å². The van der Waals surface area contributed by atoms with Gasteiger partial charge in [0.15, 0.2) is 0 Å². The minimum atomic E-state index is 0.314. The molecule has 96 valence electrons. The summed E-state index contributed by atoms with van der Waals surface area (Å²) in [6, 6.07) is 6.19. The van der Waals surface area contributed by atoms with Gasteiger partial charge in [-0.15, -0.1) is 0 Å². The fourth-order valence-corrected chi connectivity index (χ4v) is 2.16. The van der Waals surface area contributed by atoms with Crippen molar-refractivity contribution in [1.29, 1.82) is 0 Å². The van der Waals surface area contributed by atoms with Crippen molar-refractivity contribution in [2.45, 2.75) is 32.6 Å². The maximum atomic E-state index is 10.3. The van der Waals surface area contributed by atoms with Gasteiger partial charge in [0.2, 0.25) is 0 Å². The maximum absolute atomic E-state index is 10.3. The first-order valence-corrected chi connectivity index (χ1v) is 6.57. The van der Waals surface area contributed by atoms with Gasteiger partial charge in [-0.2, -0.15) is 4.91 Å². The van der Waals surface area contributed by atoms with E-state index in [9.17, 15) is 4.91 Å². The third-order valence-electron chi connectivity index (χ3n) is 3.22. The Morgan fingerprint density at radius 1 is 1.33 bits per heavy atom. The highest BCUT2D eigenvalue weighted by Gasteiger charge is 2.11. The Morgan fingerprint density at radius 2 is 2.22 bits per heavy atom. The molecule has 3 nitrogen and oxygen atoms in total. The van der Waals surface area contributed by atoms with Crippen molar-refractivity contribution in [3.63, 3.8) is 0 Å². The molecule has 1 aromatic carbocycles. The Labute approximate surface area is 108 Å². The molecule has 2 rings (SSSR count). The SMILES string of the molecule is CCCCOc1ccc2c(c1)CCC(CN=O)=C2. The van der Waals surface area contributed by atoms with E-state index in [2.05, 4.69) is 30.3 Å². The van der Waals surface area contributed by atoms with Crippen LogP contribution < -0.4 is 4.74 Å². The first kappa shape index (κ1) is 12.8. The molecule has 0 N–H and O–H groups in total. The maximum Gasteiger partial charge on any atom is 0.119 e. The second-order valence-electron chi connectivity index (χ2n) is 4.65. The molecule has 0 radical (unpaired) electrons. The van der Waals surface area contributed by atoms with Crippen molar-refractivity contribution in [3.8, 4) is 5.75 Å². The van der Waals surface area contributed by atoms with E-state index in [-0.39, 0.29) is 0 Å². The Bertz CT molecular complexity index is 452. The first-order chi connectivity index (χ1) is 8.83. The highest BCUT2D eigenvalue weighted by atomic mass is 16.5. The lowest BCUT2D eigenvalue weighted by atomic mass is 9.92. The average molecular weight is 245 g/mol. The van der Waals surface area contributed by atoms with Gasteiger partial charge in [-0.25, -0.2) is 0 Å². The summed E-state index contributed by atoms with van der Waals surface area (Å²) in [6.45, 7) is 3.25. The molecule has 1 aliphatic rings. The second-order valence-corrected chi connectivity index (χ2v) is 4.65. The largest absolute Gasteiger partial charge is 0.494 e. The van der Waals surface area contributed by atoms with Crippen LogP contribution in [0.25, 0.3) is 6.08 Å². The van der Waals surface area contributed by atoms with E-state index in [4.69, 9.17) is 4.74 Å². The zero-order valence-electron chi connectivity index (χ0n) is 10.8. The molecule has 3 heteroatoms. The normalized spacial score (nSPS) is 13.7. The summed E-state index contributed by atoms with van der Waals surface area (Å²) in [5, 5.41) is 2.96. The van der Waals surface area contributed by atoms with Crippen LogP contribution in [0.4, 0.5) is 0 Å². The third kappa shape index (κ3) is 3.19. The molecule has 0 saturated carbocycles. The Kier molecular flexibility index (Phi) is 4.51. The number of aryl methyl sites for hydroxylation is 1. The van der Waals surface area contributed by atoms with Gasteiger partial charge in [0, 0.05) is 0 Å². The number of ether oxygens (including phenoxy) is 1. The Hall–Kier alpha value is -1.64. The van der Waals surface area contributed by atoms with Crippen molar-refractivity contribution >= 4 is 6.08 Å². The topological polar surface area (TPSA) is 38.7 Å². The highest BCUT2D eigenvalue weighted by molar-refractivity contribution is 5.61. The van der Waals surface area contributed by atoms with Gasteiger partial charge in [0.25, 0.3) is 0 Å². The number of hydrogen-bond acceptors (Lipinski definition) is 3. The highest BCUT2D eigenvalue weighted by Crippen LogP contribution is 2.27. The van der Waals surface area contributed by atoms with Crippen molar-refractivity contribution in [1.82, 2.24) is 0 Å². The van der Waals surface area contributed by atoms with Gasteiger partial charge < -0.3 is 4.74 Å². The number of nitrogens with zero attached hydrogens (tertiary/aromatic N) is 1. The van der Waals surface area contributed by atoms with Crippen LogP contribution in [0.2, 0.25) is 0 Å². The van der Waals surface area contributed by atoms with Gasteiger partial charge in [-0.3, -0.25) is 0 Å². The summed E-state index contributed by atoms with van der Waals surface area (Å²) < 4.78 is 5.70. The molecule has 0 bridgehead atoms. The number of benzene rings is 1. The van der Waals surface area contributed by atoms with Crippen LogP contribution in [0.15, 0.2) is 28.9 Å². The van der Waals surface area contributed by atoms with Crippen LogP contribution >= 0.6 is 0 Å². The van der Waals surface area contributed by atoms with Gasteiger partial charge in [-0.1, -0.05) is 30.7 Å². The molecule has 0 fully saturated rings. The van der Waals surface area contributed by atoms with E-state index in [1.54, 1.807) is 0 Å². The lowest BCUT2D eigenvalue weighted by Gasteiger charge is -2.16. The molecule has 1 aromatic rings. The summed E-state index contributed by atoms with van der Waals surface area (Å²) in [7, 11) is 0. The Morgan fingerprint density at radius 3 is 3.00 bits per heavy atom. The predicted molar refractivity (Wildman–Crippen MR) is 73.8 cm³/mol.